The minimum Gasteiger partial charge on any atom is -0.467 e. The van der Waals surface area contributed by atoms with Crippen molar-refractivity contribution in [2.75, 3.05) is 7.11 Å². The Morgan fingerprint density at radius 3 is 2.43 bits per heavy atom. The molecule has 1 saturated carbocycles. The first-order valence-corrected chi connectivity index (χ1v) is 6.99. The van der Waals surface area contributed by atoms with Crippen LogP contribution in [-0.2, 0) is 14.3 Å². The molecule has 0 heterocycles. The lowest BCUT2D eigenvalue weighted by Crippen LogP contribution is -2.50. The van der Waals surface area contributed by atoms with Crippen LogP contribution >= 0.6 is 0 Å². The number of nitrogens with one attached hydrogen (secondary N) is 1. The molecular weight excluding hydrogens is 284 g/mol. The van der Waals surface area contributed by atoms with E-state index in [0.29, 0.717) is 12.8 Å². The van der Waals surface area contributed by atoms with Gasteiger partial charge in [0.15, 0.2) is 0 Å². The number of amides is 1. The highest BCUT2D eigenvalue weighted by atomic mass is 19.3. The quantitative estimate of drug-likeness (QED) is 0.814. The van der Waals surface area contributed by atoms with Crippen molar-refractivity contribution in [1.82, 2.24) is 5.32 Å². The Balaban J connectivity index is 2.77. The molecule has 0 unspecified atom stereocenters. The fraction of sp³-hybridized carbons (Fsp3) is 0.857. The summed E-state index contributed by atoms with van der Waals surface area (Å²) in [5.41, 5.74) is -0.735. The van der Waals surface area contributed by atoms with Gasteiger partial charge < -0.3 is 14.8 Å². The minimum absolute atomic E-state index is 0.191. The number of rotatable bonds is 3. The summed E-state index contributed by atoms with van der Waals surface area (Å²) in [6.07, 6.45) is -0.703. The van der Waals surface area contributed by atoms with Gasteiger partial charge in [-0.05, 0) is 39.5 Å². The molecule has 0 radical (unpaired) electrons. The summed E-state index contributed by atoms with van der Waals surface area (Å²) in [6.45, 7) is 5.03. The molecule has 1 aliphatic rings. The summed E-state index contributed by atoms with van der Waals surface area (Å²) in [4.78, 5) is 23.6. The fourth-order valence-corrected chi connectivity index (χ4v) is 2.43. The van der Waals surface area contributed by atoms with Crippen LogP contribution in [0.25, 0.3) is 0 Å². The number of halogens is 2. The van der Waals surface area contributed by atoms with Gasteiger partial charge >= 0.3 is 12.1 Å². The molecular formula is C14H23F2NO4. The van der Waals surface area contributed by atoms with E-state index in [9.17, 15) is 18.4 Å². The van der Waals surface area contributed by atoms with E-state index in [0.717, 1.165) is 7.11 Å². The molecule has 0 aromatic carbocycles. The molecule has 1 aliphatic carbocycles. The smallest absolute Gasteiger partial charge is 0.408 e. The number of methoxy groups -OCH3 is 1. The van der Waals surface area contributed by atoms with Gasteiger partial charge in [-0.1, -0.05) is 0 Å². The van der Waals surface area contributed by atoms with Crippen molar-refractivity contribution in [3.05, 3.63) is 0 Å². The Labute approximate surface area is 123 Å². The SMILES string of the molecule is COC(=O)[C@@H](NC(=O)OC(C)(C)C)[C@H]1CCCC(F)(F)C1. The van der Waals surface area contributed by atoms with Gasteiger partial charge in [0.25, 0.3) is 0 Å². The van der Waals surface area contributed by atoms with Gasteiger partial charge in [-0.3, -0.25) is 0 Å². The third-order valence-corrected chi connectivity index (χ3v) is 3.28. The van der Waals surface area contributed by atoms with Crippen LogP contribution in [0.1, 0.15) is 46.5 Å². The first-order valence-electron chi connectivity index (χ1n) is 6.99. The van der Waals surface area contributed by atoms with Gasteiger partial charge in [-0.25, -0.2) is 18.4 Å². The molecule has 1 fully saturated rings. The maximum absolute atomic E-state index is 13.5. The molecule has 7 heteroatoms. The molecule has 0 aromatic rings. The average molecular weight is 307 g/mol. The van der Waals surface area contributed by atoms with Crippen LogP contribution in [0.2, 0.25) is 0 Å². The van der Waals surface area contributed by atoms with E-state index < -0.39 is 42.0 Å². The topological polar surface area (TPSA) is 64.6 Å². The molecule has 1 amide bonds. The zero-order valence-corrected chi connectivity index (χ0v) is 12.9. The van der Waals surface area contributed by atoms with E-state index in [1.807, 2.05) is 0 Å². The highest BCUT2D eigenvalue weighted by Crippen LogP contribution is 2.38. The zero-order valence-electron chi connectivity index (χ0n) is 12.9. The second-order valence-corrected chi connectivity index (χ2v) is 6.36. The van der Waals surface area contributed by atoms with Crippen molar-refractivity contribution in [1.29, 1.82) is 0 Å². The van der Waals surface area contributed by atoms with Crippen molar-refractivity contribution in [3.8, 4) is 0 Å². The molecule has 5 nitrogen and oxygen atoms in total. The maximum Gasteiger partial charge on any atom is 0.408 e. The first kappa shape index (κ1) is 17.7. The summed E-state index contributed by atoms with van der Waals surface area (Å²) >= 11 is 0. The van der Waals surface area contributed by atoms with E-state index in [1.165, 1.54) is 0 Å². The number of carbonyl (C=O) groups is 2. The normalized spacial score (nSPS) is 23.0. The van der Waals surface area contributed by atoms with Gasteiger partial charge in [0.2, 0.25) is 5.92 Å². The monoisotopic (exact) mass is 307 g/mol. The zero-order chi connectivity index (χ0) is 16.3. The van der Waals surface area contributed by atoms with Crippen molar-refractivity contribution in [3.63, 3.8) is 0 Å². The van der Waals surface area contributed by atoms with Crippen LogP contribution in [0.5, 0.6) is 0 Å². The van der Waals surface area contributed by atoms with Crippen LogP contribution < -0.4 is 5.32 Å². The molecule has 21 heavy (non-hydrogen) atoms. The van der Waals surface area contributed by atoms with Crippen LogP contribution in [0.15, 0.2) is 0 Å². The van der Waals surface area contributed by atoms with Crippen LogP contribution in [0.3, 0.4) is 0 Å². The molecule has 1 N–H and O–H groups in total. The number of hydrogen-bond acceptors (Lipinski definition) is 4. The van der Waals surface area contributed by atoms with Crippen molar-refractivity contribution >= 4 is 12.1 Å². The second kappa shape index (κ2) is 6.58. The van der Waals surface area contributed by atoms with Gasteiger partial charge in [0, 0.05) is 12.8 Å². The van der Waals surface area contributed by atoms with Crippen LogP contribution in [0, 0.1) is 5.92 Å². The number of alkyl carbamates (subject to hydrolysis) is 1. The van der Waals surface area contributed by atoms with Gasteiger partial charge in [-0.15, -0.1) is 0 Å². The molecule has 2 atom stereocenters. The Morgan fingerprint density at radius 1 is 1.33 bits per heavy atom. The summed E-state index contributed by atoms with van der Waals surface area (Å²) in [5, 5.41) is 2.36. The number of esters is 1. The molecule has 0 spiro atoms. The van der Waals surface area contributed by atoms with E-state index >= 15 is 0 Å². The second-order valence-electron chi connectivity index (χ2n) is 6.36. The minimum atomic E-state index is -2.81. The molecule has 0 bridgehead atoms. The van der Waals surface area contributed by atoms with E-state index in [2.05, 4.69) is 10.1 Å². The van der Waals surface area contributed by atoms with Crippen molar-refractivity contribution in [2.24, 2.45) is 5.92 Å². The summed E-state index contributed by atoms with van der Waals surface area (Å²) in [6, 6.07) is -1.11. The predicted molar refractivity (Wildman–Crippen MR) is 72.1 cm³/mol. The lowest BCUT2D eigenvalue weighted by Gasteiger charge is -2.33. The Morgan fingerprint density at radius 2 is 1.95 bits per heavy atom. The fourth-order valence-electron chi connectivity index (χ4n) is 2.43. The third-order valence-electron chi connectivity index (χ3n) is 3.28. The number of alkyl halides is 2. The largest absolute Gasteiger partial charge is 0.467 e. The highest BCUT2D eigenvalue weighted by Gasteiger charge is 2.42. The molecule has 0 saturated heterocycles. The summed E-state index contributed by atoms with van der Waals surface area (Å²) in [7, 11) is 1.16. The lowest BCUT2D eigenvalue weighted by atomic mass is 9.81. The van der Waals surface area contributed by atoms with E-state index in [1.54, 1.807) is 20.8 Å². The Kier molecular flexibility index (Phi) is 5.53. The van der Waals surface area contributed by atoms with Crippen LogP contribution in [-0.4, -0.2) is 36.7 Å². The van der Waals surface area contributed by atoms with Gasteiger partial charge in [-0.2, -0.15) is 0 Å². The summed E-state index contributed by atoms with van der Waals surface area (Å²) < 4.78 is 36.7. The predicted octanol–water partition coefficient (Wildman–Crippen LogP) is 2.88. The molecule has 1 rings (SSSR count). The van der Waals surface area contributed by atoms with E-state index in [-0.39, 0.29) is 6.42 Å². The number of hydrogen-bond donors (Lipinski definition) is 1. The first-order chi connectivity index (χ1) is 9.54. The van der Waals surface area contributed by atoms with E-state index in [4.69, 9.17) is 4.74 Å². The standard InChI is InChI=1S/C14H23F2NO4/c1-13(2,3)21-12(19)17-10(11(18)20-4)9-6-5-7-14(15,16)8-9/h9-10H,5-8H2,1-4H3,(H,17,19)/t9-,10-/m0/s1. The van der Waals surface area contributed by atoms with Gasteiger partial charge in [0.1, 0.15) is 11.6 Å². The number of carbonyl (C=O) groups excluding carboxylic acids is 2. The van der Waals surface area contributed by atoms with Crippen molar-refractivity contribution in [2.45, 2.75) is 64.0 Å². The third kappa shape index (κ3) is 5.85. The molecule has 0 aromatic heterocycles. The molecule has 122 valence electrons. The molecule has 0 aliphatic heterocycles. The van der Waals surface area contributed by atoms with Crippen molar-refractivity contribution < 1.29 is 27.8 Å². The Bertz CT molecular complexity index is 393. The summed E-state index contributed by atoms with van der Waals surface area (Å²) in [5.74, 6) is -4.21. The van der Waals surface area contributed by atoms with Crippen LogP contribution in [0.4, 0.5) is 13.6 Å². The van der Waals surface area contributed by atoms with Gasteiger partial charge in [0.05, 0.1) is 7.11 Å². The average Bonchev–Trinajstić information content (AvgIpc) is 2.31. The highest BCUT2D eigenvalue weighted by molar-refractivity contribution is 5.81. The maximum atomic E-state index is 13.5. The lowest BCUT2D eigenvalue weighted by molar-refractivity contribution is -0.146. The Hall–Kier alpha value is -1.40. The number of ether oxygens (including phenoxy) is 2.